The number of nitrogens with zero attached hydrogens (tertiary/aromatic N) is 1. The minimum absolute atomic E-state index is 0.0489. The number of amides is 1. The summed E-state index contributed by atoms with van der Waals surface area (Å²) in [7, 11) is 0. The predicted molar refractivity (Wildman–Crippen MR) is 110 cm³/mol. The highest BCUT2D eigenvalue weighted by atomic mass is 79.9. The van der Waals surface area contributed by atoms with Crippen LogP contribution in [0.4, 0.5) is 11.4 Å². The molecule has 8 heteroatoms. The van der Waals surface area contributed by atoms with Crippen LogP contribution in [0.1, 0.15) is 36.7 Å². The molecule has 0 heterocycles. The zero-order valence-corrected chi connectivity index (χ0v) is 16.9. The molecule has 2 aromatic rings. The molecule has 1 amide bonds. The van der Waals surface area contributed by atoms with E-state index >= 15 is 0 Å². The molecule has 2 N–H and O–H groups in total. The third kappa shape index (κ3) is 5.09. The van der Waals surface area contributed by atoms with Gasteiger partial charge in [-0.25, -0.2) is 0 Å². The lowest BCUT2D eigenvalue weighted by Gasteiger charge is -2.21. The zero-order chi connectivity index (χ0) is 19.5. The molecule has 0 unspecified atom stereocenters. The Morgan fingerprint density at radius 1 is 1.19 bits per heavy atom. The fourth-order valence-electron chi connectivity index (χ4n) is 2.30. The van der Waals surface area contributed by atoms with Crippen molar-refractivity contribution >= 4 is 50.5 Å². The number of rotatable bonds is 3. The van der Waals surface area contributed by atoms with E-state index in [-0.39, 0.29) is 22.1 Å². The van der Waals surface area contributed by atoms with Crippen LogP contribution in [0.3, 0.4) is 0 Å². The van der Waals surface area contributed by atoms with Crippen molar-refractivity contribution in [3.8, 4) is 0 Å². The maximum Gasteiger partial charge on any atom is 0.271 e. The van der Waals surface area contributed by atoms with E-state index in [9.17, 15) is 14.9 Å². The van der Waals surface area contributed by atoms with Crippen molar-refractivity contribution in [2.75, 3.05) is 5.32 Å². The van der Waals surface area contributed by atoms with Crippen LogP contribution < -0.4 is 10.6 Å². The second-order valence-electron chi connectivity index (χ2n) is 6.66. The number of anilines is 1. The topological polar surface area (TPSA) is 84.3 Å². The first kappa shape index (κ1) is 20.0. The summed E-state index contributed by atoms with van der Waals surface area (Å²) in [4.78, 5) is 22.7. The summed E-state index contributed by atoms with van der Waals surface area (Å²) in [5.74, 6) is -0.367. The smallest absolute Gasteiger partial charge is 0.271 e. The van der Waals surface area contributed by atoms with Gasteiger partial charge >= 0.3 is 0 Å². The highest BCUT2D eigenvalue weighted by Gasteiger charge is 2.18. The third-order valence-electron chi connectivity index (χ3n) is 3.58. The van der Waals surface area contributed by atoms with E-state index in [0.29, 0.717) is 11.3 Å². The highest BCUT2D eigenvalue weighted by molar-refractivity contribution is 9.10. The Balaban J connectivity index is 2.08. The normalized spacial score (nSPS) is 10.9. The van der Waals surface area contributed by atoms with Crippen LogP contribution in [0.5, 0.6) is 0 Å². The molecule has 136 valence electrons. The molecule has 26 heavy (non-hydrogen) atoms. The number of nitro benzene ring substituents is 1. The van der Waals surface area contributed by atoms with Crippen molar-refractivity contribution in [3.63, 3.8) is 0 Å². The Morgan fingerprint density at radius 3 is 2.46 bits per heavy atom. The standard InChI is InChI=1S/C18H18BrN3O3S/c1-18(2,3)14-8-7-11(9-15(14)19)16(23)21-17(26)20-12-5-4-6-13(10-12)22(24)25/h4-10H,1-3H3,(H2,20,21,23,26). The first-order chi connectivity index (χ1) is 12.1. The van der Waals surface area contributed by atoms with Crippen molar-refractivity contribution in [2.24, 2.45) is 0 Å². The van der Waals surface area contributed by atoms with Crippen LogP contribution >= 0.6 is 28.1 Å². The first-order valence-electron chi connectivity index (χ1n) is 7.75. The van der Waals surface area contributed by atoms with E-state index in [4.69, 9.17) is 12.2 Å². The van der Waals surface area contributed by atoms with E-state index in [2.05, 4.69) is 47.3 Å². The van der Waals surface area contributed by atoms with Gasteiger partial charge in [0.2, 0.25) is 0 Å². The predicted octanol–water partition coefficient (Wildman–Crippen LogP) is 4.78. The maximum absolute atomic E-state index is 12.4. The molecule has 0 saturated carbocycles. The van der Waals surface area contributed by atoms with E-state index in [1.807, 2.05) is 6.07 Å². The van der Waals surface area contributed by atoms with Crippen molar-refractivity contribution in [1.82, 2.24) is 5.32 Å². The SMILES string of the molecule is CC(C)(C)c1ccc(C(=O)NC(=S)Nc2cccc([N+](=O)[O-])c2)cc1Br. The van der Waals surface area contributed by atoms with Crippen molar-refractivity contribution in [2.45, 2.75) is 26.2 Å². The second kappa shape index (κ2) is 7.92. The van der Waals surface area contributed by atoms with Gasteiger partial charge in [-0.3, -0.25) is 20.2 Å². The fraction of sp³-hybridized carbons (Fsp3) is 0.222. The van der Waals surface area contributed by atoms with Crippen LogP contribution in [-0.4, -0.2) is 15.9 Å². The first-order valence-corrected chi connectivity index (χ1v) is 8.95. The summed E-state index contributed by atoms with van der Waals surface area (Å²) in [5, 5.41) is 16.2. The molecule has 0 radical (unpaired) electrons. The van der Waals surface area contributed by atoms with E-state index < -0.39 is 4.92 Å². The molecule has 0 atom stereocenters. The molecule has 0 aliphatic heterocycles. The molecule has 0 saturated heterocycles. The van der Waals surface area contributed by atoms with Gasteiger partial charge in [-0.15, -0.1) is 0 Å². The number of carbonyl (C=O) groups excluding carboxylic acids is 1. The minimum Gasteiger partial charge on any atom is -0.332 e. The Bertz CT molecular complexity index is 878. The molecular formula is C18H18BrN3O3S. The quantitative estimate of drug-likeness (QED) is 0.411. The van der Waals surface area contributed by atoms with Crippen molar-refractivity contribution in [3.05, 3.63) is 68.2 Å². The zero-order valence-electron chi connectivity index (χ0n) is 14.5. The number of benzene rings is 2. The minimum atomic E-state index is -0.499. The van der Waals surface area contributed by atoms with Gasteiger partial charge in [-0.2, -0.15) is 0 Å². The summed E-state index contributed by atoms with van der Waals surface area (Å²) < 4.78 is 0.843. The van der Waals surface area contributed by atoms with Gasteiger partial charge in [-0.1, -0.05) is 48.8 Å². The van der Waals surface area contributed by atoms with Gasteiger partial charge in [-0.05, 0) is 41.4 Å². The Hall–Kier alpha value is -2.32. The molecular weight excluding hydrogens is 418 g/mol. The monoisotopic (exact) mass is 435 g/mol. The van der Waals surface area contributed by atoms with E-state index in [0.717, 1.165) is 10.0 Å². The summed E-state index contributed by atoms with van der Waals surface area (Å²) in [6.07, 6.45) is 0. The van der Waals surface area contributed by atoms with Gasteiger partial charge in [0.15, 0.2) is 5.11 Å². The van der Waals surface area contributed by atoms with E-state index in [1.54, 1.807) is 18.2 Å². The lowest BCUT2D eigenvalue weighted by atomic mass is 9.86. The number of thiocarbonyl (C=S) groups is 1. The third-order valence-corrected chi connectivity index (χ3v) is 4.44. The molecule has 0 bridgehead atoms. The van der Waals surface area contributed by atoms with Gasteiger partial charge in [0.05, 0.1) is 4.92 Å². The number of carbonyl (C=O) groups is 1. The Morgan fingerprint density at radius 2 is 1.88 bits per heavy atom. The lowest BCUT2D eigenvalue weighted by Crippen LogP contribution is -2.34. The van der Waals surface area contributed by atoms with Crippen molar-refractivity contribution < 1.29 is 9.72 Å². The molecule has 2 aromatic carbocycles. The molecule has 0 fully saturated rings. The van der Waals surface area contributed by atoms with Gasteiger partial charge in [0.1, 0.15) is 0 Å². The molecule has 2 rings (SSSR count). The number of hydrogen-bond donors (Lipinski definition) is 2. The van der Waals surface area contributed by atoms with Gasteiger partial charge < -0.3 is 5.32 Å². The summed E-state index contributed by atoms with van der Waals surface area (Å²) >= 11 is 8.61. The average Bonchev–Trinajstić information content (AvgIpc) is 2.53. The molecule has 0 aliphatic carbocycles. The maximum atomic E-state index is 12.4. The van der Waals surface area contributed by atoms with Crippen LogP contribution in [0.2, 0.25) is 0 Å². The second-order valence-corrected chi connectivity index (χ2v) is 7.92. The summed E-state index contributed by atoms with van der Waals surface area (Å²) in [5.41, 5.74) is 1.85. The number of nitrogens with one attached hydrogen (secondary N) is 2. The van der Waals surface area contributed by atoms with Gasteiger partial charge in [0, 0.05) is 27.9 Å². The Labute approximate surface area is 165 Å². The number of hydrogen-bond acceptors (Lipinski definition) is 4. The summed E-state index contributed by atoms with van der Waals surface area (Å²) in [6, 6.07) is 11.3. The van der Waals surface area contributed by atoms with Gasteiger partial charge in [0.25, 0.3) is 11.6 Å². The number of non-ortho nitro benzene ring substituents is 1. The van der Waals surface area contributed by atoms with Crippen LogP contribution in [-0.2, 0) is 5.41 Å². The molecule has 0 spiro atoms. The lowest BCUT2D eigenvalue weighted by molar-refractivity contribution is -0.384. The summed E-state index contributed by atoms with van der Waals surface area (Å²) in [6.45, 7) is 6.26. The largest absolute Gasteiger partial charge is 0.332 e. The van der Waals surface area contributed by atoms with Crippen molar-refractivity contribution in [1.29, 1.82) is 0 Å². The molecule has 6 nitrogen and oxygen atoms in total. The molecule has 0 aliphatic rings. The average molecular weight is 436 g/mol. The van der Waals surface area contributed by atoms with Crippen LogP contribution in [0.25, 0.3) is 0 Å². The van der Waals surface area contributed by atoms with E-state index in [1.165, 1.54) is 18.2 Å². The number of nitro groups is 1. The molecule has 0 aromatic heterocycles. The Kier molecular flexibility index (Phi) is 6.09. The number of halogens is 1. The van der Waals surface area contributed by atoms with Crippen LogP contribution in [0.15, 0.2) is 46.9 Å². The fourth-order valence-corrected chi connectivity index (χ4v) is 3.48. The van der Waals surface area contributed by atoms with Crippen LogP contribution in [0, 0.1) is 10.1 Å². The highest BCUT2D eigenvalue weighted by Crippen LogP contribution is 2.30.